The van der Waals surface area contributed by atoms with Gasteiger partial charge in [0.2, 0.25) is 5.88 Å². The first-order chi connectivity index (χ1) is 18.4. The van der Waals surface area contributed by atoms with Crippen molar-refractivity contribution in [3.05, 3.63) is 65.6 Å². The van der Waals surface area contributed by atoms with Crippen LogP contribution in [0.5, 0.6) is 5.88 Å². The Morgan fingerprint density at radius 2 is 1.97 bits per heavy atom. The topological polar surface area (TPSA) is 103 Å². The van der Waals surface area contributed by atoms with Crippen LogP contribution in [0.3, 0.4) is 0 Å². The lowest BCUT2D eigenvalue weighted by atomic mass is 9.95. The zero-order chi connectivity index (χ0) is 27.1. The van der Waals surface area contributed by atoms with E-state index in [1.165, 1.54) is 7.11 Å². The van der Waals surface area contributed by atoms with Crippen LogP contribution in [-0.4, -0.2) is 72.5 Å². The van der Waals surface area contributed by atoms with E-state index in [4.69, 9.17) is 14.2 Å². The number of nitrogens with zero attached hydrogens (tertiary/aromatic N) is 3. The number of pyridine rings is 2. The molecule has 0 aliphatic carbocycles. The number of amides is 1. The monoisotopic (exact) mass is 528 g/mol. The van der Waals surface area contributed by atoms with E-state index in [9.17, 15) is 9.59 Å². The van der Waals surface area contributed by atoms with Gasteiger partial charge in [0.1, 0.15) is 18.6 Å². The molecule has 1 N–H and O–H groups in total. The molecule has 1 amide bonds. The fourth-order valence-electron chi connectivity index (χ4n) is 4.49. The predicted octanol–water partition coefficient (Wildman–Crippen LogP) is 3.76. The highest BCUT2D eigenvalue weighted by atomic mass is 19.1. The number of piperidine rings is 1. The van der Waals surface area contributed by atoms with Gasteiger partial charge in [0.05, 0.1) is 42.9 Å². The number of rotatable bonds is 9. The zero-order valence-corrected chi connectivity index (χ0v) is 21.2. The summed E-state index contributed by atoms with van der Waals surface area (Å²) < 4.78 is 45.9. The molecule has 1 aliphatic rings. The van der Waals surface area contributed by atoms with Crippen molar-refractivity contribution in [2.24, 2.45) is 0 Å². The van der Waals surface area contributed by atoms with Gasteiger partial charge in [-0.1, -0.05) is 30.3 Å². The molecule has 3 aromatic rings. The second-order valence-corrected chi connectivity index (χ2v) is 8.92. The molecule has 1 aliphatic heterocycles. The number of fused-ring (bicyclic) bond motifs is 1. The maximum atomic E-state index is 15.1. The smallest absolute Gasteiger partial charge is 0.407 e. The van der Waals surface area contributed by atoms with Gasteiger partial charge in [-0.05, 0) is 25.0 Å². The van der Waals surface area contributed by atoms with Crippen LogP contribution in [-0.2, 0) is 20.9 Å². The first-order valence-corrected chi connectivity index (χ1v) is 12.4. The first-order valence-electron chi connectivity index (χ1n) is 12.4. The highest BCUT2D eigenvalue weighted by Gasteiger charge is 2.35. The number of ether oxygens (including phenoxy) is 3. The SMILES string of the molecule is CCOC(=O)C(CN1CCC(NC(=O)OCc2ccccc2)C(F)C1)c1c(F)cnc2ccc(OC)nc12. The van der Waals surface area contributed by atoms with Gasteiger partial charge in [0.15, 0.2) is 0 Å². The Labute approximate surface area is 219 Å². The van der Waals surface area contributed by atoms with Crippen LogP contribution in [0.2, 0.25) is 0 Å². The number of aromatic nitrogens is 2. The Bertz CT molecular complexity index is 1260. The Morgan fingerprint density at radius 3 is 2.68 bits per heavy atom. The van der Waals surface area contributed by atoms with E-state index in [1.54, 1.807) is 24.0 Å². The average Bonchev–Trinajstić information content (AvgIpc) is 2.92. The first kappa shape index (κ1) is 27.2. The summed E-state index contributed by atoms with van der Waals surface area (Å²) in [5.74, 6) is -2.20. The molecular weight excluding hydrogens is 498 g/mol. The number of halogens is 2. The third-order valence-electron chi connectivity index (χ3n) is 6.39. The zero-order valence-electron chi connectivity index (χ0n) is 21.2. The maximum absolute atomic E-state index is 15.1. The lowest BCUT2D eigenvalue weighted by molar-refractivity contribution is -0.145. The predicted molar refractivity (Wildman–Crippen MR) is 135 cm³/mol. The number of esters is 1. The normalized spacial score (nSPS) is 18.5. The summed E-state index contributed by atoms with van der Waals surface area (Å²) in [6.45, 7) is 2.12. The van der Waals surface area contributed by atoms with E-state index in [-0.39, 0.29) is 49.7 Å². The van der Waals surface area contributed by atoms with Gasteiger partial charge in [0, 0.05) is 31.3 Å². The van der Waals surface area contributed by atoms with Gasteiger partial charge in [0.25, 0.3) is 0 Å². The average molecular weight is 529 g/mol. The minimum Gasteiger partial charge on any atom is -0.481 e. The van der Waals surface area contributed by atoms with Gasteiger partial charge in [-0.15, -0.1) is 0 Å². The van der Waals surface area contributed by atoms with Crippen LogP contribution >= 0.6 is 0 Å². The third kappa shape index (κ3) is 6.52. The van der Waals surface area contributed by atoms with Crippen molar-refractivity contribution >= 4 is 23.1 Å². The molecule has 3 heterocycles. The van der Waals surface area contributed by atoms with Crippen molar-refractivity contribution in [2.45, 2.75) is 38.1 Å². The molecule has 1 aromatic carbocycles. The standard InChI is InChI=1S/C27H30F2N4O5/c1-3-37-26(34)18(24-19(28)13-30-22-9-10-23(36-2)32-25(22)24)14-33-12-11-21(20(29)15-33)31-27(35)38-16-17-7-5-4-6-8-17/h4-10,13,18,20-21H,3,11-12,14-16H2,1-2H3,(H,31,35). The third-order valence-corrected chi connectivity index (χ3v) is 6.39. The molecule has 4 rings (SSSR count). The molecule has 3 atom stereocenters. The molecule has 0 spiro atoms. The lowest BCUT2D eigenvalue weighted by Crippen LogP contribution is -2.53. The number of hydrogen-bond donors (Lipinski definition) is 1. The Kier molecular flexibility index (Phi) is 9.01. The second kappa shape index (κ2) is 12.6. The van der Waals surface area contributed by atoms with E-state index in [0.29, 0.717) is 12.1 Å². The molecule has 1 saturated heterocycles. The fraction of sp³-hybridized carbons (Fsp3) is 0.407. The molecule has 38 heavy (non-hydrogen) atoms. The molecule has 1 fully saturated rings. The van der Waals surface area contributed by atoms with Crippen LogP contribution < -0.4 is 10.1 Å². The highest BCUT2D eigenvalue weighted by molar-refractivity contribution is 5.87. The molecule has 9 nitrogen and oxygen atoms in total. The van der Waals surface area contributed by atoms with Gasteiger partial charge in [-0.2, -0.15) is 0 Å². The quantitative estimate of drug-likeness (QED) is 0.419. The summed E-state index contributed by atoms with van der Waals surface area (Å²) >= 11 is 0. The number of alkyl halides is 1. The van der Waals surface area contributed by atoms with E-state index in [1.807, 2.05) is 30.3 Å². The van der Waals surface area contributed by atoms with Crippen molar-refractivity contribution < 1.29 is 32.6 Å². The number of alkyl carbamates (subject to hydrolysis) is 1. The summed E-state index contributed by atoms with van der Waals surface area (Å²) in [7, 11) is 1.43. The molecule has 202 valence electrons. The van der Waals surface area contributed by atoms with Crippen LogP contribution in [0.4, 0.5) is 13.6 Å². The largest absolute Gasteiger partial charge is 0.481 e. The molecular formula is C27H30F2N4O5. The molecule has 3 unspecified atom stereocenters. The highest BCUT2D eigenvalue weighted by Crippen LogP contribution is 2.30. The second-order valence-electron chi connectivity index (χ2n) is 8.92. The minimum absolute atomic E-state index is 0.000645. The number of carbonyl (C=O) groups is 2. The van der Waals surface area contributed by atoms with E-state index >= 15 is 8.78 Å². The van der Waals surface area contributed by atoms with Crippen molar-refractivity contribution in [1.29, 1.82) is 0 Å². The van der Waals surface area contributed by atoms with Crippen LogP contribution in [0, 0.1) is 5.82 Å². The lowest BCUT2D eigenvalue weighted by Gasteiger charge is -2.36. The van der Waals surface area contributed by atoms with Gasteiger partial charge < -0.3 is 19.5 Å². The van der Waals surface area contributed by atoms with Crippen LogP contribution in [0.1, 0.15) is 30.4 Å². The molecule has 11 heteroatoms. The summed E-state index contributed by atoms with van der Waals surface area (Å²) in [5, 5.41) is 2.59. The van der Waals surface area contributed by atoms with E-state index in [0.717, 1.165) is 11.8 Å². The Morgan fingerprint density at radius 1 is 1.18 bits per heavy atom. The fourth-order valence-corrected chi connectivity index (χ4v) is 4.49. The number of benzene rings is 1. The van der Waals surface area contributed by atoms with Crippen LogP contribution in [0.15, 0.2) is 48.7 Å². The van der Waals surface area contributed by atoms with Gasteiger partial charge in [-0.3, -0.25) is 14.7 Å². The number of carbonyl (C=O) groups excluding carboxylic acids is 2. The summed E-state index contributed by atoms with van der Waals surface area (Å²) in [4.78, 5) is 35.3. The van der Waals surface area contributed by atoms with Crippen LogP contribution in [0.25, 0.3) is 11.0 Å². The number of hydrogen-bond acceptors (Lipinski definition) is 8. The van der Waals surface area contributed by atoms with Gasteiger partial charge >= 0.3 is 12.1 Å². The molecule has 0 radical (unpaired) electrons. The van der Waals surface area contributed by atoms with E-state index in [2.05, 4.69) is 15.3 Å². The van der Waals surface area contributed by atoms with Crippen molar-refractivity contribution in [1.82, 2.24) is 20.2 Å². The minimum atomic E-state index is -1.42. The summed E-state index contributed by atoms with van der Waals surface area (Å²) in [6.07, 6.45) is -0.812. The number of methoxy groups -OCH3 is 1. The van der Waals surface area contributed by atoms with Crippen molar-refractivity contribution in [3.8, 4) is 5.88 Å². The van der Waals surface area contributed by atoms with Crippen molar-refractivity contribution in [3.63, 3.8) is 0 Å². The van der Waals surface area contributed by atoms with Crippen molar-refractivity contribution in [2.75, 3.05) is 33.4 Å². The van der Waals surface area contributed by atoms with Gasteiger partial charge in [-0.25, -0.2) is 18.6 Å². The summed E-state index contributed by atoms with van der Waals surface area (Å²) in [5.41, 5.74) is 1.41. The maximum Gasteiger partial charge on any atom is 0.407 e. The molecule has 0 bridgehead atoms. The van der Waals surface area contributed by atoms with E-state index < -0.39 is 36.0 Å². The number of likely N-dealkylation sites (tertiary alicyclic amines) is 1. The molecule has 2 aromatic heterocycles. The summed E-state index contributed by atoms with van der Waals surface area (Å²) in [6, 6.07) is 11.6. The Balaban J connectivity index is 1.45. The number of nitrogens with one attached hydrogen (secondary N) is 1. The molecule has 0 saturated carbocycles. The Hall–Kier alpha value is -3.86.